The van der Waals surface area contributed by atoms with Gasteiger partial charge >= 0.3 is 0 Å². The van der Waals surface area contributed by atoms with Gasteiger partial charge in [0.1, 0.15) is 0 Å². The Kier molecular flexibility index (Phi) is 5.43. The van der Waals surface area contributed by atoms with Crippen LogP contribution in [0.1, 0.15) is 5.69 Å². The van der Waals surface area contributed by atoms with Gasteiger partial charge in [0, 0.05) is 43.0 Å². The lowest BCUT2D eigenvalue weighted by atomic mass is 10.2. The molecule has 0 bridgehead atoms. The van der Waals surface area contributed by atoms with Crippen LogP contribution in [0.25, 0.3) is 5.69 Å². The molecule has 0 saturated carbocycles. The minimum Gasteiger partial charge on any atom is -0.378 e. The lowest BCUT2D eigenvalue weighted by Crippen LogP contribution is -2.08. The van der Waals surface area contributed by atoms with Crippen LogP contribution in [0.2, 0.25) is 0 Å². The van der Waals surface area contributed by atoms with Gasteiger partial charge < -0.3 is 14.8 Å². The number of aromatic nitrogens is 1. The van der Waals surface area contributed by atoms with Crippen LogP contribution in [-0.2, 0) is 0 Å². The normalized spacial score (nSPS) is 11.0. The minimum atomic E-state index is 0.916. The zero-order chi connectivity index (χ0) is 20.1. The highest BCUT2D eigenvalue weighted by molar-refractivity contribution is 5.81. The second kappa shape index (κ2) is 8.48. The van der Waals surface area contributed by atoms with Crippen molar-refractivity contribution in [2.45, 2.75) is 0 Å². The molecule has 144 valence electrons. The second-order valence-electron chi connectivity index (χ2n) is 7.01. The van der Waals surface area contributed by atoms with Gasteiger partial charge in [-0.05, 0) is 72.8 Å². The molecule has 0 amide bonds. The topological polar surface area (TPSA) is 32.6 Å². The number of benzene rings is 3. The number of para-hydroxylation sites is 1. The van der Waals surface area contributed by atoms with E-state index in [4.69, 9.17) is 0 Å². The summed E-state index contributed by atoms with van der Waals surface area (Å²) in [4.78, 5) is 6.74. The molecule has 0 spiro atoms. The highest BCUT2D eigenvalue weighted by Crippen LogP contribution is 2.21. The summed E-state index contributed by atoms with van der Waals surface area (Å²) >= 11 is 0. The largest absolute Gasteiger partial charge is 0.378 e. The van der Waals surface area contributed by atoms with E-state index < -0.39 is 0 Å². The van der Waals surface area contributed by atoms with E-state index in [1.54, 1.807) is 0 Å². The molecule has 3 aromatic carbocycles. The molecule has 0 unspecified atom stereocenters. The maximum absolute atomic E-state index is 4.65. The fraction of sp³-hybridized carbons (Fsp3) is 0.0800. The van der Waals surface area contributed by atoms with Gasteiger partial charge in [-0.2, -0.15) is 0 Å². The highest BCUT2D eigenvalue weighted by atomic mass is 15.1. The van der Waals surface area contributed by atoms with E-state index in [0.29, 0.717) is 0 Å². The molecule has 0 fully saturated rings. The van der Waals surface area contributed by atoms with E-state index in [2.05, 4.69) is 56.3 Å². The van der Waals surface area contributed by atoms with Gasteiger partial charge in [-0.25, -0.2) is 0 Å². The Labute approximate surface area is 171 Å². The van der Waals surface area contributed by atoms with Gasteiger partial charge in [0.15, 0.2) is 0 Å². The zero-order valence-electron chi connectivity index (χ0n) is 16.7. The molecule has 0 saturated heterocycles. The number of hydrogen-bond donors (Lipinski definition) is 1. The average molecular weight is 380 g/mol. The van der Waals surface area contributed by atoms with Crippen LogP contribution in [0, 0.1) is 0 Å². The van der Waals surface area contributed by atoms with E-state index >= 15 is 0 Å². The van der Waals surface area contributed by atoms with E-state index in [9.17, 15) is 0 Å². The predicted octanol–water partition coefficient (Wildman–Crippen LogP) is 6.04. The van der Waals surface area contributed by atoms with Gasteiger partial charge in [0.2, 0.25) is 0 Å². The van der Waals surface area contributed by atoms with Gasteiger partial charge in [-0.15, -0.1) is 0 Å². The zero-order valence-corrected chi connectivity index (χ0v) is 16.7. The third kappa shape index (κ3) is 4.55. The van der Waals surface area contributed by atoms with Crippen LogP contribution in [-0.4, -0.2) is 24.9 Å². The smallest absolute Gasteiger partial charge is 0.0639 e. The molecule has 4 aromatic rings. The van der Waals surface area contributed by atoms with Gasteiger partial charge in [0.25, 0.3) is 0 Å². The average Bonchev–Trinajstić information content (AvgIpc) is 3.23. The van der Waals surface area contributed by atoms with Gasteiger partial charge in [0.05, 0.1) is 17.6 Å². The number of anilines is 3. The van der Waals surface area contributed by atoms with Crippen molar-refractivity contribution in [3.63, 3.8) is 0 Å². The molecule has 29 heavy (non-hydrogen) atoms. The van der Waals surface area contributed by atoms with E-state index in [1.165, 1.54) is 5.69 Å². The van der Waals surface area contributed by atoms with E-state index in [0.717, 1.165) is 28.4 Å². The summed E-state index contributed by atoms with van der Waals surface area (Å²) in [6.45, 7) is 0. The van der Waals surface area contributed by atoms with Crippen molar-refractivity contribution in [2.24, 2.45) is 4.99 Å². The molecule has 0 atom stereocenters. The standard InChI is InChI=1S/C25H24N4/c1-28(2)23-14-16-24(17-15-23)29-18-6-9-25(29)19-26-20-10-12-22(13-11-20)27-21-7-4-3-5-8-21/h3-19,27H,1-2H3. The fourth-order valence-electron chi connectivity index (χ4n) is 3.11. The maximum Gasteiger partial charge on any atom is 0.0639 e. The first-order valence-corrected chi connectivity index (χ1v) is 9.60. The quantitative estimate of drug-likeness (QED) is 0.414. The Balaban J connectivity index is 1.48. The summed E-state index contributed by atoms with van der Waals surface area (Å²) in [5.41, 5.74) is 6.36. The molecule has 0 aliphatic carbocycles. The second-order valence-corrected chi connectivity index (χ2v) is 7.01. The van der Waals surface area contributed by atoms with Crippen LogP contribution < -0.4 is 10.2 Å². The van der Waals surface area contributed by atoms with Crippen molar-refractivity contribution in [1.82, 2.24) is 4.57 Å². The van der Waals surface area contributed by atoms with Crippen molar-refractivity contribution in [2.75, 3.05) is 24.3 Å². The van der Waals surface area contributed by atoms with Crippen LogP contribution in [0.3, 0.4) is 0 Å². The first-order chi connectivity index (χ1) is 14.2. The Morgan fingerprint density at radius 1 is 0.759 bits per heavy atom. The van der Waals surface area contributed by atoms with Crippen LogP contribution >= 0.6 is 0 Å². The first kappa shape index (κ1) is 18.6. The monoisotopic (exact) mass is 380 g/mol. The Bertz CT molecular complexity index is 1080. The van der Waals surface area contributed by atoms with Crippen LogP contribution in [0.4, 0.5) is 22.7 Å². The maximum atomic E-state index is 4.65. The van der Waals surface area contributed by atoms with Crippen LogP contribution in [0.15, 0.2) is 102 Å². The van der Waals surface area contributed by atoms with Crippen molar-refractivity contribution in [3.05, 3.63) is 103 Å². The summed E-state index contributed by atoms with van der Waals surface area (Å²) in [5.74, 6) is 0. The van der Waals surface area contributed by atoms with Crippen LogP contribution in [0.5, 0.6) is 0 Å². The number of nitrogens with zero attached hydrogens (tertiary/aromatic N) is 3. The third-order valence-corrected chi connectivity index (χ3v) is 4.70. The lowest BCUT2D eigenvalue weighted by Gasteiger charge is -2.13. The summed E-state index contributed by atoms with van der Waals surface area (Å²) in [6, 6.07) is 30.8. The Hall–Kier alpha value is -3.79. The molecule has 4 rings (SSSR count). The molecular weight excluding hydrogens is 356 g/mol. The third-order valence-electron chi connectivity index (χ3n) is 4.70. The molecular formula is C25H24N4. The molecule has 0 aliphatic heterocycles. The summed E-state index contributed by atoms with van der Waals surface area (Å²) < 4.78 is 2.13. The number of nitrogens with one attached hydrogen (secondary N) is 1. The fourth-order valence-corrected chi connectivity index (χ4v) is 3.11. The summed E-state index contributed by atoms with van der Waals surface area (Å²) in [7, 11) is 4.09. The van der Waals surface area contributed by atoms with Crippen molar-refractivity contribution in [3.8, 4) is 5.69 Å². The highest BCUT2D eigenvalue weighted by Gasteiger charge is 2.02. The minimum absolute atomic E-state index is 0.916. The molecule has 4 heteroatoms. The summed E-state index contributed by atoms with van der Waals surface area (Å²) in [6.07, 6.45) is 3.96. The first-order valence-electron chi connectivity index (χ1n) is 9.60. The molecule has 4 nitrogen and oxygen atoms in total. The molecule has 0 radical (unpaired) electrons. The Morgan fingerprint density at radius 2 is 1.45 bits per heavy atom. The van der Waals surface area contributed by atoms with Crippen molar-refractivity contribution < 1.29 is 0 Å². The van der Waals surface area contributed by atoms with Crippen molar-refractivity contribution >= 4 is 29.0 Å². The molecule has 1 heterocycles. The Morgan fingerprint density at radius 3 is 2.14 bits per heavy atom. The van der Waals surface area contributed by atoms with E-state index in [-0.39, 0.29) is 0 Å². The number of aliphatic imine (C=N–C) groups is 1. The summed E-state index contributed by atoms with van der Waals surface area (Å²) in [5, 5.41) is 3.38. The number of rotatable bonds is 6. The molecule has 1 N–H and O–H groups in total. The van der Waals surface area contributed by atoms with E-state index in [1.807, 2.05) is 81.0 Å². The van der Waals surface area contributed by atoms with Gasteiger partial charge in [-0.3, -0.25) is 4.99 Å². The SMILES string of the molecule is CN(C)c1ccc(-n2cccc2C=Nc2ccc(Nc3ccccc3)cc2)cc1. The molecule has 1 aromatic heterocycles. The van der Waals surface area contributed by atoms with Crippen molar-refractivity contribution in [1.29, 1.82) is 0 Å². The van der Waals surface area contributed by atoms with Gasteiger partial charge in [-0.1, -0.05) is 18.2 Å². The lowest BCUT2D eigenvalue weighted by molar-refractivity contribution is 1.06. The predicted molar refractivity (Wildman–Crippen MR) is 124 cm³/mol. The number of hydrogen-bond acceptors (Lipinski definition) is 3. The molecule has 0 aliphatic rings.